The van der Waals surface area contributed by atoms with Gasteiger partial charge in [0.2, 0.25) is 5.91 Å². The van der Waals surface area contributed by atoms with Gasteiger partial charge in [0.25, 0.3) is 0 Å². The predicted molar refractivity (Wildman–Crippen MR) is 82.6 cm³/mol. The molecule has 0 aromatic carbocycles. The molecule has 0 saturated carbocycles. The summed E-state index contributed by atoms with van der Waals surface area (Å²) in [6.07, 6.45) is -4.65. The minimum Gasteiger partial charge on any atom is -0.462 e. The molecular weight excluding hydrogens is 354 g/mol. The summed E-state index contributed by atoms with van der Waals surface area (Å²) >= 11 is 0. The van der Waals surface area contributed by atoms with Crippen molar-refractivity contribution < 1.29 is 34.5 Å². The van der Waals surface area contributed by atoms with Gasteiger partial charge in [-0.1, -0.05) is 0 Å². The second-order valence-corrected chi connectivity index (χ2v) is 5.57. The van der Waals surface area contributed by atoms with Crippen LogP contribution in [0, 0.1) is 0 Å². The van der Waals surface area contributed by atoms with E-state index in [4.69, 9.17) is 26.1 Å². The van der Waals surface area contributed by atoms with Crippen molar-refractivity contribution in [2.24, 2.45) is 11.5 Å². The molecule has 2 heterocycles. The molecule has 8 N–H and O–H groups in total. The van der Waals surface area contributed by atoms with Crippen molar-refractivity contribution in [1.82, 2.24) is 9.55 Å². The monoisotopic (exact) mass is 373 g/mol. The number of hydrogen-bond donors (Lipinski definition) is 6. The van der Waals surface area contributed by atoms with Crippen molar-refractivity contribution in [1.29, 1.82) is 0 Å². The van der Waals surface area contributed by atoms with Gasteiger partial charge in [0.1, 0.15) is 31.0 Å². The van der Waals surface area contributed by atoms with Crippen molar-refractivity contribution in [3.05, 3.63) is 22.7 Å². The van der Waals surface area contributed by atoms with Crippen LogP contribution in [0.15, 0.2) is 17.1 Å². The number of anilines is 1. The molecule has 1 fully saturated rings. The number of aromatic nitrogens is 2. The first-order valence-electron chi connectivity index (χ1n) is 7.46. The highest BCUT2D eigenvalue weighted by atomic mass is 16.6. The van der Waals surface area contributed by atoms with Gasteiger partial charge >= 0.3 is 11.7 Å². The van der Waals surface area contributed by atoms with Gasteiger partial charge in [-0.15, -0.1) is 0 Å². The number of aliphatic hydroxyl groups is 2. The molecule has 0 bridgehead atoms. The third kappa shape index (κ3) is 4.33. The van der Waals surface area contributed by atoms with Gasteiger partial charge in [-0.25, -0.2) is 4.79 Å². The van der Waals surface area contributed by atoms with E-state index in [-0.39, 0.29) is 5.82 Å². The number of amides is 1. The number of ether oxygens (including phenoxy) is 2. The number of carbonyl (C=O) groups excluding carboxylic acids is 2. The van der Waals surface area contributed by atoms with Gasteiger partial charge in [-0.3, -0.25) is 24.8 Å². The van der Waals surface area contributed by atoms with Crippen molar-refractivity contribution in [2.45, 2.75) is 37.0 Å². The summed E-state index contributed by atoms with van der Waals surface area (Å²) < 4.78 is 11.1. The SMILES string of the molecule is NC(=O)C[C@H](N)C(=O)OC[C@H]1O[C@@H](n2ccc(NO)nc2=O)[C@H](O)[C@@H]1O. The van der Waals surface area contributed by atoms with Crippen LogP contribution < -0.4 is 22.6 Å². The van der Waals surface area contributed by atoms with Gasteiger partial charge in [-0.05, 0) is 6.07 Å². The summed E-state index contributed by atoms with van der Waals surface area (Å²) in [6, 6.07) is -0.0304. The minimum absolute atomic E-state index is 0.117. The molecule has 1 aliphatic heterocycles. The van der Waals surface area contributed by atoms with E-state index in [1.165, 1.54) is 12.3 Å². The number of nitrogens with two attached hydrogens (primary N) is 2. The summed E-state index contributed by atoms with van der Waals surface area (Å²) in [4.78, 5) is 37.7. The lowest BCUT2D eigenvalue weighted by Crippen LogP contribution is -2.39. The number of esters is 1. The number of hydrogen-bond acceptors (Lipinski definition) is 11. The Balaban J connectivity index is 2.02. The number of carbonyl (C=O) groups is 2. The quantitative estimate of drug-likeness (QED) is 0.203. The first-order valence-corrected chi connectivity index (χ1v) is 7.46. The van der Waals surface area contributed by atoms with Gasteiger partial charge in [0.15, 0.2) is 12.0 Å². The van der Waals surface area contributed by atoms with E-state index in [1.54, 1.807) is 5.48 Å². The van der Waals surface area contributed by atoms with E-state index in [1.807, 2.05) is 0 Å². The summed E-state index contributed by atoms with van der Waals surface area (Å²) in [7, 11) is 0. The summed E-state index contributed by atoms with van der Waals surface area (Å²) in [5, 5.41) is 28.8. The van der Waals surface area contributed by atoms with Crippen LogP contribution in [0.5, 0.6) is 0 Å². The van der Waals surface area contributed by atoms with Gasteiger partial charge in [0.05, 0.1) is 6.42 Å². The molecule has 5 atom stereocenters. The Hall–Kier alpha value is -2.58. The third-order valence-corrected chi connectivity index (χ3v) is 3.67. The second-order valence-electron chi connectivity index (χ2n) is 5.57. The minimum atomic E-state index is -1.51. The van der Waals surface area contributed by atoms with Crippen LogP contribution in [0.2, 0.25) is 0 Å². The largest absolute Gasteiger partial charge is 0.462 e. The van der Waals surface area contributed by atoms with E-state index in [2.05, 4.69) is 4.98 Å². The van der Waals surface area contributed by atoms with E-state index in [9.17, 15) is 24.6 Å². The maximum Gasteiger partial charge on any atom is 0.351 e. The van der Waals surface area contributed by atoms with Crippen LogP contribution in [0.4, 0.5) is 5.82 Å². The van der Waals surface area contributed by atoms with Crippen LogP contribution in [0.25, 0.3) is 0 Å². The van der Waals surface area contributed by atoms with E-state index in [0.717, 1.165) is 4.57 Å². The van der Waals surface area contributed by atoms with Crippen LogP contribution in [0.3, 0.4) is 0 Å². The number of aliphatic hydroxyl groups excluding tert-OH is 2. The van der Waals surface area contributed by atoms with Crippen molar-refractivity contribution in [3.63, 3.8) is 0 Å². The molecule has 26 heavy (non-hydrogen) atoms. The summed E-state index contributed by atoms with van der Waals surface area (Å²) in [6.45, 7) is -0.474. The molecule has 1 aliphatic rings. The molecule has 1 saturated heterocycles. The standard InChI is InChI=1S/C13H19N5O8/c14-5(3-7(15)19)12(22)25-4-6-9(20)10(21)11(26-6)18-2-1-8(17-24)16-13(18)23/h1-2,5-6,9-11,20-21,24H,3-4,14H2,(H2,15,19)(H,16,17,23)/t5-,6+,9+,10+,11+/m0/s1. The molecule has 0 radical (unpaired) electrons. The molecule has 1 aromatic heterocycles. The molecule has 0 unspecified atom stereocenters. The van der Waals surface area contributed by atoms with E-state index in [0.29, 0.717) is 0 Å². The van der Waals surface area contributed by atoms with Crippen molar-refractivity contribution in [2.75, 3.05) is 12.1 Å². The summed E-state index contributed by atoms with van der Waals surface area (Å²) in [5.74, 6) is -1.84. The van der Waals surface area contributed by atoms with Crippen LogP contribution in [0.1, 0.15) is 12.6 Å². The zero-order valence-electron chi connectivity index (χ0n) is 13.4. The topological polar surface area (TPSA) is 212 Å². The molecule has 13 heteroatoms. The number of nitrogens with zero attached hydrogens (tertiary/aromatic N) is 2. The Kier molecular flexibility index (Phi) is 6.23. The van der Waals surface area contributed by atoms with Gasteiger partial charge < -0.3 is 31.2 Å². The lowest BCUT2D eigenvalue weighted by atomic mass is 10.1. The zero-order chi connectivity index (χ0) is 19.4. The number of primary amides is 1. The average molecular weight is 373 g/mol. The van der Waals surface area contributed by atoms with Gasteiger partial charge in [-0.2, -0.15) is 4.98 Å². The van der Waals surface area contributed by atoms with Crippen LogP contribution >= 0.6 is 0 Å². The molecular formula is C13H19N5O8. The number of rotatable bonds is 7. The molecule has 13 nitrogen and oxygen atoms in total. The maximum absolute atomic E-state index is 11.9. The molecule has 0 aliphatic carbocycles. The molecule has 1 aromatic rings. The maximum atomic E-state index is 11.9. The fourth-order valence-corrected chi connectivity index (χ4v) is 2.34. The first kappa shape index (κ1) is 19.7. The van der Waals surface area contributed by atoms with Gasteiger partial charge in [0, 0.05) is 6.20 Å². The normalized spacial score (nSPS) is 26.3. The molecule has 1 amide bonds. The van der Waals surface area contributed by atoms with Crippen LogP contribution in [-0.2, 0) is 19.1 Å². The highest BCUT2D eigenvalue weighted by Crippen LogP contribution is 2.28. The fourth-order valence-electron chi connectivity index (χ4n) is 2.34. The Morgan fingerprint density at radius 3 is 2.69 bits per heavy atom. The third-order valence-electron chi connectivity index (χ3n) is 3.67. The van der Waals surface area contributed by atoms with E-state index >= 15 is 0 Å². The fraction of sp³-hybridized carbons (Fsp3) is 0.538. The van der Waals surface area contributed by atoms with Crippen molar-refractivity contribution in [3.8, 4) is 0 Å². The average Bonchev–Trinajstić information content (AvgIpc) is 2.87. The first-order chi connectivity index (χ1) is 12.2. The Morgan fingerprint density at radius 2 is 2.12 bits per heavy atom. The zero-order valence-corrected chi connectivity index (χ0v) is 13.4. The number of nitrogens with one attached hydrogen (secondary N) is 1. The van der Waals surface area contributed by atoms with Crippen LogP contribution in [-0.4, -0.2) is 67.8 Å². The van der Waals surface area contributed by atoms with E-state index < -0.39 is 61.2 Å². The highest BCUT2D eigenvalue weighted by Gasteiger charge is 2.44. The molecule has 144 valence electrons. The lowest BCUT2D eigenvalue weighted by molar-refractivity contribution is -0.152. The smallest absolute Gasteiger partial charge is 0.351 e. The Bertz CT molecular complexity index is 725. The summed E-state index contributed by atoms with van der Waals surface area (Å²) in [5.41, 5.74) is 11.2. The Labute approximate surface area is 146 Å². The molecule has 2 rings (SSSR count). The molecule has 0 spiro atoms. The van der Waals surface area contributed by atoms with Crippen molar-refractivity contribution >= 4 is 17.7 Å². The Morgan fingerprint density at radius 1 is 1.42 bits per heavy atom. The second kappa shape index (κ2) is 8.20. The lowest BCUT2D eigenvalue weighted by Gasteiger charge is -2.17. The predicted octanol–water partition coefficient (Wildman–Crippen LogP) is -3.59. The highest BCUT2D eigenvalue weighted by molar-refractivity contribution is 5.84.